The van der Waals surface area contributed by atoms with Crippen molar-refractivity contribution in [2.75, 3.05) is 26.2 Å². The fraction of sp³-hybridized carbons (Fsp3) is 0.562. The molecule has 4 heteroatoms. The highest BCUT2D eigenvalue weighted by atomic mass is 16.5. The average Bonchev–Trinajstić information content (AvgIpc) is 2.93. The number of carbonyl (C=O) groups excluding carboxylic acids is 1. The van der Waals surface area contributed by atoms with E-state index < -0.39 is 0 Å². The van der Waals surface area contributed by atoms with Crippen molar-refractivity contribution in [2.45, 2.75) is 26.7 Å². The summed E-state index contributed by atoms with van der Waals surface area (Å²) in [5.74, 6) is 1.00. The van der Waals surface area contributed by atoms with Crippen LogP contribution in [-0.2, 0) is 4.79 Å². The van der Waals surface area contributed by atoms with Crippen molar-refractivity contribution >= 4 is 5.91 Å². The molecule has 0 radical (unpaired) electrons. The number of rotatable bonds is 6. The largest absolute Gasteiger partial charge is 0.492 e. The molecule has 1 unspecified atom stereocenters. The lowest BCUT2D eigenvalue weighted by molar-refractivity contribution is -0.130. The molecule has 1 aromatic carbocycles. The summed E-state index contributed by atoms with van der Waals surface area (Å²) >= 11 is 0. The number of amides is 1. The molecule has 1 saturated heterocycles. The molecule has 110 valence electrons. The normalized spacial score (nSPS) is 21.7. The van der Waals surface area contributed by atoms with Crippen LogP contribution in [0, 0.1) is 12.3 Å². The summed E-state index contributed by atoms with van der Waals surface area (Å²) in [6.07, 6.45) is 1.80. The molecule has 4 nitrogen and oxygen atoms in total. The lowest BCUT2D eigenvalue weighted by atomic mass is 9.83. The fourth-order valence-electron chi connectivity index (χ4n) is 2.63. The summed E-state index contributed by atoms with van der Waals surface area (Å²) < 4.78 is 5.64. The Labute approximate surface area is 120 Å². The van der Waals surface area contributed by atoms with Crippen LogP contribution >= 0.6 is 0 Å². The van der Waals surface area contributed by atoms with Crippen LogP contribution in [0.15, 0.2) is 24.3 Å². The molecule has 2 N–H and O–H groups in total. The molecular formula is C16H24N2O2. The predicted octanol–water partition coefficient (Wildman–Crippen LogP) is 1.88. The quantitative estimate of drug-likeness (QED) is 0.780. The molecule has 0 bridgehead atoms. The molecule has 2 rings (SSSR count). The van der Waals surface area contributed by atoms with E-state index in [0.717, 1.165) is 31.7 Å². The van der Waals surface area contributed by atoms with Gasteiger partial charge in [0, 0.05) is 6.54 Å². The van der Waals surface area contributed by atoms with Crippen molar-refractivity contribution in [2.24, 2.45) is 5.41 Å². The first kappa shape index (κ1) is 14.9. The summed E-state index contributed by atoms with van der Waals surface area (Å²) in [7, 11) is 0. The zero-order valence-corrected chi connectivity index (χ0v) is 12.4. The summed E-state index contributed by atoms with van der Waals surface area (Å²) in [6, 6.07) is 7.94. The van der Waals surface area contributed by atoms with Crippen molar-refractivity contribution in [3.63, 3.8) is 0 Å². The standard InChI is InChI=1S/C16H24N2O2/c1-3-16(7-8-17-12-16)15(19)18-9-10-20-14-6-4-5-13(2)11-14/h4-6,11,17H,3,7-10,12H2,1-2H3,(H,18,19). The van der Waals surface area contributed by atoms with Gasteiger partial charge in [0.2, 0.25) is 5.91 Å². The van der Waals surface area contributed by atoms with Crippen molar-refractivity contribution < 1.29 is 9.53 Å². The number of hydrogen-bond donors (Lipinski definition) is 2. The van der Waals surface area contributed by atoms with Gasteiger partial charge in [-0.25, -0.2) is 0 Å². The Kier molecular flexibility index (Phi) is 5.01. The molecule has 1 aromatic rings. The number of aryl methyl sites for hydroxylation is 1. The van der Waals surface area contributed by atoms with E-state index in [0.29, 0.717) is 13.2 Å². The Hall–Kier alpha value is -1.55. The minimum atomic E-state index is -0.219. The lowest BCUT2D eigenvalue weighted by Gasteiger charge is -2.25. The number of nitrogens with one attached hydrogen (secondary N) is 2. The number of hydrogen-bond acceptors (Lipinski definition) is 3. The summed E-state index contributed by atoms with van der Waals surface area (Å²) in [5.41, 5.74) is 0.956. The van der Waals surface area contributed by atoms with Gasteiger partial charge in [-0.15, -0.1) is 0 Å². The van der Waals surface area contributed by atoms with Gasteiger partial charge < -0.3 is 15.4 Å². The van der Waals surface area contributed by atoms with Gasteiger partial charge in [0.15, 0.2) is 0 Å². The maximum absolute atomic E-state index is 12.3. The SMILES string of the molecule is CCC1(C(=O)NCCOc2cccc(C)c2)CCNC1. The van der Waals surface area contributed by atoms with E-state index in [1.165, 1.54) is 5.56 Å². The minimum Gasteiger partial charge on any atom is -0.492 e. The zero-order valence-electron chi connectivity index (χ0n) is 12.4. The Bertz CT molecular complexity index is 454. The molecular weight excluding hydrogens is 252 g/mol. The Morgan fingerprint density at radius 1 is 1.50 bits per heavy atom. The molecule has 1 aliphatic rings. The third kappa shape index (κ3) is 3.51. The molecule has 0 aliphatic carbocycles. The van der Waals surface area contributed by atoms with E-state index in [1.807, 2.05) is 31.2 Å². The van der Waals surface area contributed by atoms with E-state index in [9.17, 15) is 4.79 Å². The van der Waals surface area contributed by atoms with Crippen molar-refractivity contribution in [3.8, 4) is 5.75 Å². The second kappa shape index (κ2) is 6.75. The van der Waals surface area contributed by atoms with Crippen LogP contribution in [-0.4, -0.2) is 32.1 Å². The van der Waals surface area contributed by atoms with Gasteiger partial charge >= 0.3 is 0 Å². The maximum atomic E-state index is 12.3. The smallest absolute Gasteiger partial charge is 0.227 e. The molecule has 1 heterocycles. The molecule has 0 aromatic heterocycles. The molecule has 0 spiro atoms. The van der Waals surface area contributed by atoms with Crippen LogP contribution in [0.25, 0.3) is 0 Å². The van der Waals surface area contributed by atoms with E-state index in [4.69, 9.17) is 4.74 Å². The first-order valence-corrected chi connectivity index (χ1v) is 7.35. The van der Waals surface area contributed by atoms with Gasteiger partial charge in [0.25, 0.3) is 0 Å². The van der Waals surface area contributed by atoms with Crippen molar-refractivity contribution in [3.05, 3.63) is 29.8 Å². The van der Waals surface area contributed by atoms with Crippen LogP contribution in [0.5, 0.6) is 5.75 Å². The third-order valence-electron chi connectivity index (χ3n) is 4.05. The second-order valence-corrected chi connectivity index (χ2v) is 5.48. The first-order valence-electron chi connectivity index (χ1n) is 7.35. The Morgan fingerprint density at radius 2 is 2.35 bits per heavy atom. The van der Waals surface area contributed by atoms with Crippen LogP contribution in [0.4, 0.5) is 0 Å². The monoisotopic (exact) mass is 276 g/mol. The van der Waals surface area contributed by atoms with Gasteiger partial charge in [-0.2, -0.15) is 0 Å². The van der Waals surface area contributed by atoms with E-state index >= 15 is 0 Å². The number of ether oxygens (including phenoxy) is 1. The number of benzene rings is 1. The van der Waals surface area contributed by atoms with E-state index in [1.54, 1.807) is 0 Å². The van der Waals surface area contributed by atoms with Crippen LogP contribution < -0.4 is 15.4 Å². The van der Waals surface area contributed by atoms with Gasteiger partial charge in [-0.05, 0) is 44.0 Å². The van der Waals surface area contributed by atoms with Crippen molar-refractivity contribution in [1.82, 2.24) is 10.6 Å². The Balaban J connectivity index is 1.74. The molecule has 20 heavy (non-hydrogen) atoms. The summed E-state index contributed by atoms with van der Waals surface area (Å²) in [6.45, 7) is 6.88. The number of carbonyl (C=O) groups is 1. The Morgan fingerprint density at radius 3 is 3.00 bits per heavy atom. The van der Waals surface area contributed by atoms with Gasteiger partial charge in [0.05, 0.1) is 12.0 Å². The second-order valence-electron chi connectivity index (χ2n) is 5.48. The predicted molar refractivity (Wildman–Crippen MR) is 79.9 cm³/mol. The lowest BCUT2D eigenvalue weighted by Crippen LogP contribution is -2.43. The van der Waals surface area contributed by atoms with E-state index in [2.05, 4.69) is 17.6 Å². The molecule has 1 aliphatic heterocycles. The molecule has 1 atom stereocenters. The molecule has 1 amide bonds. The minimum absolute atomic E-state index is 0.151. The zero-order chi connectivity index (χ0) is 14.4. The first-order chi connectivity index (χ1) is 9.66. The highest BCUT2D eigenvalue weighted by Gasteiger charge is 2.39. The van der Waals surface area contributed by atoms with E-state index in [-0.39, 0.29) is 11.3 Å². The topological polar surface area (TPSA) is 50.4 Å². The molecule has 0 saturated carbocycles. The fourth-order valence-corrected chi connectivity index (χ4v) is 2.63. The summed E-state index contributed by atoms with van der Waals surface area (Å²) in [5, 5.41) is 6.27. The highest BCUT2D eigenvalue weighted by Crippen LogP contribution is 2.29. The van der Waals surface area contributed by atoms with Crippen LogP contribution in [0.3, 0.4) is 0 Å². The van der Waals surface area contributed by atoms with Gasteiger partial charge in [0.1, 0.15) is 12.4 Å². The van der Waals surface area contributed by atoms with Gasteiger partial charge in [-0.1, -0.05) is 19.1 Å². The van der Waals surface area contributed by atoms with Gasteiger partial charge in [-0.3, -0.25) is 4.79 Å². The maximum Gasteiger partial charge on any atom is 0.227 e. The van der Waals surface area contributed by atoms with Crippen LogP contribution in [0.1, 0.15) is 25.3 Å². The highest BCUT2D eigenvalue weighted by molar-refractivity contribution is 5.83. The average molecular weight is 276 g/mol. The van der Waals surface area contributed by atoms with Crippen LogP contribution in [0.2, 0.25) is 0 Å². The third-order valence-corrected chi connectivity index (χ3v) is 4.05. The summed E-state index contributed by atoms with van der Waals surface area (Å²) in [4.78, 5) is 12.3. The van der Waals surface area contributed by atoms with Crippen molar-refractivity contribution in [1.29, 1.82) is 0 Å². The molecule has 1 fully saturated rings.